The van der Waals surface area contributed by atoms with Gasteiger partial charge < -0.3 is 5.32 Å². The zero-order valence-corrected chi connectivity index (χ0v) is 9.37. The molecule has 2 unspecified atom stereocenters. The molecule has 1 aliphatic heterocycles. The normalized spacial score (nSPS) is 22.6. The molecule has 0 spiro atoms. The van der Waals surface area contributed by atoms with Crippen molar-refractivity contribution >= 4 is 6.08 Å². The lowest BCUT2D eigenvalue weighted by Gasteiger charge is -2.18. The highest BCUT2D eigenvalue weighted by Crippen LogP contribution is 2.28. The van der Waals surface area contributed by atoms with Crippen molar-refractivity contribution in [1.29, 1.82) is 0 Å². The maximum Gasteiger partial charge on any atom is -0.00143 e. The maximum absolute atomic E-state index is 3.77. The van der Waals surface area contributed by atoms with Crippen LogP contribution in [0.15, 0.2) is 30.8 Å². The zero-order chi connectivity index (χ0) is 10.7. The Bertz CT molecular complexity index is 320. The van der Waals surface area contributed by atoms with Crippen LogP contribution in [0.4, 0.5) is 0 Å². The van der Waals surface area contributed by atoms with E-state index in [2.05, 4.69) is 43.1 Å². The molecule has 1 heteroatoms. The van der Waals surface area contributed by atoms with Gasteiger partial charge in [-0.1, -0.05) is 43.8 Å². The Balaban J connectivity index is 2.10. The van der Waals surface area contributed by atoms with Gasteiger partial charge in [-0.05, 0) is 42.5 Å². The van der Waals surface area contributed by atoms with E-state index in [0.717, 1.165) is 5.92 Å². The van der Waals surface area contributed by atoms with E-state index in [1.54, 1.807) is 0 Å². The van der Waals surface area contributed by atoms with Crippen LogP contribution in [0.1, 0.15) is 30.4 Å². The molecule has 1 saturated heterocycles. The van der Waals surface area contributed by atoms with Crippen molar-refractivity contribution in [2.24, 2.45) is 5.92 Å². The van der Waals surface area contributed by atoms with Crippen LogP contribution in [0.3, 0.4) is 0 Å². The fourth-order valence-electron chi connectivity index (χ4n) is 2.31. The van der Waals surface area contributed by atoms with Crippen LogP contribution < -0.4 is 5.32 Å². The average molecular weight is 201 g/mol. The predicted molar refractivity (Wildman–Crippen MR) is 65.9 cm³/mol. The van der Waals surface area contributed by atoms with Crippen molar-refractivity contribution in [3.63, 3.8) is 0 Å². The van der Waals surface area contributed by atoms with E-state index < -0.39 is 0 Å². The first-order valence-electron chi connectivity index (χ1n) is 5.74. The first-order chi connectivity index (χ1) is 7.31. The monoisotopic (exact) mass is 201 g/mol. The second kappa shape index (κ2) is 4.63. The fraction of sp³-hybridized carbons (Fsp3) is 0.429. The molecule has 80 valence electrons. The molecule has 1 N–H and O–H groups in total. The molecule has 0 aliphatic carbocycles. The molecule has 1 aromatic rings. The Morgan fingerprint density at radius 3 is 2.67 bits per heavy atom. The van der Waals surface area contributed by atoms with Gasteiger partial charge in [0.05, 0.1) is 0 Å². The van der Waals surface area contributed by atoms with Crippen molar-refractivity contribution in [1.82, 2.24) is 5.32 Å². The molecule has 1 aliphatic rings. The molecule has 2 rings (SSSR count). The van der Waals surface area contributed by atoms with Gasteiger partial charge in [0.25, 0.3) is 0 Å². The summed E-state index contributed by atoms with van der Waals surface area (Å²) in [5.74, 6) is 1.47. The van der Waals surface area contributed by atoms with Crippen LogP contribution in [0.2, 0.25) is 0 Å². The third-order valence-corrected chi connectivity index (χ3v) is 3.50. The highest BCUT2D eigenvalue weighted by Gasteiger charge is 2.22. The van der Waals surface area contributed by atoms with Crippen LogP contribution in [0.5, 0.6) is 0 Å². The Morgan fingerprint density at radius 2 is 2.13 bits per heavy atom. The van der Waals surface area contributed by atoms with Crippen LogP contribution in [-0.2, 0) is 0 Å². The Hall–Kier alpha value is -1.08. The van der Waals surface area contributed by atoms with E-state index in [1.165, 1.54) is 30.6 Å². The van der Waals surface area contributed by atoms with Crippen molar-refractivity contribution < 1.29 is 0 Å². The third kappa shape index (κ3) is 2.29. The molecule has 0 bridgehead atoms. The summed E-state index contributed by atoms with van der Waals surface area (Å²) in [6.07, 6.45) is 3.20. The van der Waals surface area contributed by atoms with Crippen molar-refractivity contribution in [2.45, 2.75) is 19.3 Å². The maximum atomic E-state index is 3.77. The van der Waals surface area contributed by atoms with Gasteiger partial charge in [-0.25, -0.2) is 0 Å². The SMILES string of the molecule is C=Cc1ccc(C(C)C2CCNC2)cc1. The third-order valence-electron chi connectivity index (χ3n) is 3.50. The number of hydrogen-bond acceptors (Lipinski definition) is 1. The van der Waals surface area contributed by atoms with Gasteiger partial charge in [-0.2, -0.15) is 0 Å². The lowest BCUT2D eigenvalue weighted by atomic mass is 9.87. The molecule has 1 heterocycles. The summed E-state index contributed by atoms with van der Waals surface area (Å²) in [5, 5.41) is 3.43. The smallest absolute Gasteiger partial charge is 0.00143 e. The van der Waals surface area contributed by atoms with Crippen LogP contribution >= 0.6 is 0 Å². The van der Waals surface area contributed by atoms with E-state index in [0.29, 0.717) is 5.92 Å². The zero-order valence-electron chi connectivity index (χ0n) is 9.37. The molecule has 0 radical (unpaired) electrons. The summed E-state index contributed by atoms with van der Waals surface area (Å²) in [7, 11) is 0. The quantitative estimate of drug-likeness (QED) is 0.792. The van der Waals surface area contributed by atoms with Gasteiger partial charge in [0, 0.05) is 0 Å². The molecule has 2 atom stereocenters. The topological polar surface area (TPSA) is 12.0 Å². The molecular formula is C14H19N. The summed E-state index contributed by atoms with van der Waals surface area (Å²) >= 11 is 0. The lowest BCUT2D eigenvalue weighted by Crippen LogP contribution is -2.14. The minimum atomic E-state index is 0.666. The van der Waals surface area contributed by atoms with Crippen molar-refractivity contribution in [3.05, 3.63) is 42.0 Å². The van der Waals surface area contributed by atoms with Crippen molar-refractivity contribution in [3.8, 4) is 0 Å². The summed E-state index contributed by atoms with van der Waals surface area (Å²) in [5.41, 5.74) is 2.66. The number of rotatable bonds is 3. The van der Waals surface area contributed by atoms with Gasteiger partial charge in [0.1, 0.15) is 0 Å². The summed E-state index contributed by atoms with van der Waals surface area (Å²) in [4.78, 5) is 0. The number of benzene rings is 1. The van der Waals surface area contributed by atoms with E-state index in [9.17, 15) is 0 Å². The molecule has 0 saturated carbocycles. The highest BCUT2D eigenvalue weighted by atomic mass is 14.9. The molecule has 1 fully saturated rings. The predicted octanol–water partition coefficient (Wildman–Crippen LogP) is 3.04. The number of nitrogens with one attached hydrogen (secondary N) is 1. The van der Waals surface area contributed by atoms with Gasteiger partial charge in [0.2, 0.25) is 0 Å². The molecule has 15 heavy (non-hydrogen) atoms. The van der Waals surface area contributed by atoms with Gasteiger partial charge >= 0.3 is 0 Å². The summed E-state index contributed by atoms with van der Waals surface area (Å²) in [6.45, 7) is 8.46. The van der Waals surface area contributed by atoms with Gasteiger partial charge in [0.15, 0.2) is 0 Å². The Morgan fingerprint density at radius 1 is 1.40 bits per heavy atom. The highest BCUT2D eigenvalue weighted by molar-refractivity contribution is 5.47. The lowest BCUT2D eigenvalue weighted by molar-refractivity contribution is 0.487. The molecule has 1 nitrogen and oxygen atoms in total. The average Bonchev–Trinajstić information content (AvgIpc) is 2.82. The van der Waals surface area contributed by atoms with Crippen LogP contribution in [0, 0.1) is 5.92 Å². The molecular weight excluding hydrogens is 182 g/mol. The van der Waals surface area contributed by atoms with E-state index in [4.69, 9.17) is 0 Å². The molecule has 1 aromatic carbocycles. The minimum absolute atomic E-state index is 0.666. The second-order valence-corrected chi connectivity index (χ2v) is 4.41. The van der Waals surface area contributed by atoms with Crippen LogP contribution in [0.25, 0.3) is 6.08 Å². The Labute approximate surface area is 92.2 Å². The van der Waals surface area contributed by atoms with E-state index in [1.807, 2.05) is 6.08 Å². The molecule has 0 aromatic heterocycles. The summed E-state index contributed by atoms with van der Waals surface area (Å²) < 4.78 is 0. The van der Waals surface area contributed by atoms with Gasteiger partial charge in [-0.3, -0.25) is 0 Å². The largest absolute Gasteiger partial charge is 0.316 e. The minimum Gasteiger partial charge on any atom is -0.316 e. The van der Waals surface area contributed by atoms with Crippen LogP contribution in [-0.4, -0.2) is 13.1 Å². The molecule has 0 amide bonds. The van der Waals surface area contributed by atoms with E-state index >= 15 is 0 Å². The standard InChI is InChI=1S/C14H19N/c1-3-12-4-6-13(7-5-12)11(2)14-8-9-15-10-14/h3-7,11,14-15H,1,8-10H2,2H3. The van der Waals surface area contributed by atoms with E-state index in [-0.39, 0.29) is 0 Å². The Kier molecular flexibility index (Phi) is 3.22. The van der Waals surface area contributed by atoms with Crippen molar-refractivity contribution in [2.75, 3.05) is 13.1 Å². The fourth-order valence-corrected chi connectivity index (χ4v) is 2.31. The first kappa shape index (κ1) is 10.4. The second-order valence-electron chi connectivity index (χ2n) is 4.41. The number of hydrogen-bond donors (Lipinski definition) is 1. The summed E-state index contributed by atoms with van der Waals surface area (Å²) in [6, 6.07) is 8.78. The van der Waals surface area contributed by atoms with Gasteiger partial charge in [-0.15, -0.1) is 0 Å². The first-order valence-corrected chi connectivity index (χ1v) is 5.74.